The second kappa shape index (κ2) is 8.82. The lowest BCUT2D eigenvalue weighted by Gasteiger charge is -2.24. The molecule has 2 fully saturated rings. The predicted octanol–water partition coefficient (Wildman–Crippen LogP) is 4.81. The Labute approximate surface area is 177 Å². The Morgan fingerprint density at radius 3 is 2.31 bits per heavy atom. The van der Waals surface area contributed by atoms with Crippen molar-refractivity contribution in [3.63, 3.8) is 0 Å². The van der Waals surface area contributed by atoms with Gasteiger partial charge >= 0.3 is 0 Å². The van der Waals surface area contributed by atoms with E-state index in [9.17, 15) is 4.79 Å². The van der Waals surface area contributed by atoms with Crippen LogP contribution in [0.3, 0.4) is 0 Å². The number of benzene rings is 2. The normalized spacial score (nSPS) is 22.2. The highest BCUT2D eigenvalue weighted by Crippen LogP contribution is 2.44. The van der Waals surface area contributed by atoms with E-state index in [4.69, 9.17) is 17.0 Å². The largest absolute Gasteiger partial charge is 0.494 e. The number of amides is 1. The first-order valence-corrected chi connectivity index (χ1v) is 10.7. The number of hydrogen-bond acceptors (Lipinski definition) is 3. The van der Waals surface area contributed by atoms with Crippen LogP contribution in [0.15, 0.2) is 48.5 Å². The molecule has 1 amide bonds. The summed E-state index contributed by atoms with van der Waals surface area (Å²) in [5.41, 5.74) is 2.21. The van der Waals surface area contributed by atoms with E-state index in [2.05, 4.69) is 16.0 Å². The highest BCUT2D eigenvalue weighted by atomic mass is 32.1. The van der Waals surface area contributed by atoms with Gasteiger partial charge in [0.25, 0.3) is 5.91 Å². The quantitative estimate of drug-likeness (QED) is 0.598. The van der Waals surface area contributed by atoms with Gasteiger partial charge in [0.15, 0.2) is 5.11 Å². The van der Waals surface area contributed by atoms with Gasteiger partial charge in [0.05, 0.1) is 6.61 Å². The third-order valence-corrected chi connectivity index (χ3v) is 6.10. The van der Waals surface area contributed by atoms with Gasteiger partial charge in [-0.25, -0.2) is 0 Å². The number of ether oxygens (including phenoxy) is 1. The Hall–Kier alpha value is -2.60. The first-order valence-electron chi connectivity index (χ1n) is 10.3. The summed E-state index contributed by atoms with van der Waals surface area (Å²) in [4.78, 5) is 12.5. The number of anilines is 2. The molecule has 0 heterocycles. The maximum absolute atomic E-state index is 12.5. The number of carbonyl (C=O) groups excluding carboxylic acids is 1. The second-order valence-corrected chi connectivity index (χ2v) is 8.28. The molecule has 2 saturated carbocycles. The van der Waals surface area contributed by atoms with Crippen LogP contribution in [0.1, 0.15) is 43.0 Å². The summed E-state index contributed by atoms with van der Waals surface area (Å²) >= 11 is 5.48. The van der Waals surface area contributed by atoms with Crippen LogP contribution < -0.4 is 20.7 Å². The van der Waals surface area contributed by atoms with Crippen LogP contribution in [0, 0.1) is 11.8 Å². The maximum Gasteiger partial charge on any atom is 0.255 e. The van der Waals surface area contributed by atoms with Gasteiger partial charge in [0.2, 0.25) is 0 Å². The summed E-state index contributed by atoms with van der Waals surface area (Å²) in [6.45, 7) is 2.56. The van der Waals surface area contributed by atoms with Crippen LogP contribution in [-0.4, -0.2) is 23.7 Å². The Balaban J connectivity index is 1.29. The molecule has 29 heavy (non-hydrogen) atoms. The van der Waals surface area contributed by atoms with Gasteiger partial charge in [0, 0.05) is 23.0 Å². The van der Waals surface area contributed by atoms with Gasteiger partial charge in [-0.15, -0.1) is 0 Å². The molecule has 2 aliphatic rings. The molecule has 0 aromatic heterocycles. The van der Waals surface area contributed by atoms with E-state index in [0.717, 1.165) is 29.0 Å². The molecule has 6 heteroatoms. The Morgan fingerprint density at radius 1 is 1.00 bits per heavy atom. The van der Waals surface area contributed by atoms with E-state index in [0.29, 0.717) is 23.3 Å². The topological polar surface area (TPSA) is 62.4 Å². The summed E-state index contributed by atoms with van der Waals surface area (Å²) < 4.78 is 5.42. The van der Waals surface area contributed by atoms with E-state index < -0.39 is 0 Å². The molecule has 2 bridgehead atoms. The molecule has 2 aromatic carbocycles. The Morgan fingerprint density at radius 2 is 1.69 bits per heavy atom. The fourth-order valence-electron chi connectivity index (χ4n) is 4.47. The SMILES string of the molecule is CCOc1ccc(NC(=O)c2ccc(NC(=S)N[C@H]3C[C@@H]4CC[C@@H]3C4)cc2)cc1. The summed E-state index contributed by atoms with van der Waals surface area (Å²) in [5.74, 6) is 2.29. The molecule has 0 unspecified atom stereocenters. The van der Waals surface area contributed by atoms with Crippen molar-refractivity contribution in [2.75, 3.05) is 17.2 Å². The van der Waals surface area contributed by atoms with Crippen molar-refractivity contribution in [3.05, 3.63) is 54.1 Å². The zero-order valence-electron chi connectivity index (χ0n) is 16.6. The van der Waals surface area contributed by atoms with Crippen LogP contribution in [-0.2, 0) is 0 Å². The molecule has 0 saturated heterocycles. The van der Waals surface area contributed by atoms with Gasteiger partial charge < -0.3 is 20.7 Å². The van der Waals surface area contributed by atoms with E-state index >= 15 is 0 Å². The van der Waals surface area contributed by atoms with Crippen molar-refractivity contribution >= 4 is 34.6 Å². The molecule has 2 aliphatic carbocycles. The van der Waals surface area contributed by atoms with E-state index in [1.807, 2.05) is 43.3 Å². The van der Waals surface area contributed by atoms with Crippen LogP contribution in [0.2, 0.25) is 0 Å². The zero-order chi connectivity index (χ0) is 20.2. The lowest BCUT2D eigenvalue weighted by molar-refractivity contribution is 0.102. The monoisotopic (exact) mass is 409 g/mol. The van der Waals surface area contributed by atoms with Crippen LogP contribution in [0.5, 0.6) is 5.75 Å². The fourth-order valence-corrected chi connectivity index (χ4v) is 4.74. The van der Waals surface area contributed by atoms with E-state index in [1.54, 1.807) is 12.1 Å². The number of thiocarbonyl (C=S) groups is 1. The van der Waals surface area contributed by atoms with Crippen molar-refractivity contribution in [1.82, 2.24) is 5.32 Å². The summed E-state index contributed by atoms with van der Waals surface area (Å²) in [5, 5.41) is 10.3. The molecular formula is C23H27N3O2S. The number of rotatable bonds is 6. The minimum Gasteiger partial charge on any atom is -0.494 e. The third-order valence-electron chi connectivity index (χ3n) is 5.88. The highest BCUT2D eigenvalue weighted by molar-refractivity contribution is 7.80. The van der Waals surface area contributed by atoms with Crippen molar-refractivity contribution in [3.8, 4) is 5.75 Å². The lowest BCUT2D eigenvalue weighted by Crippen LogP contribution is -2.40. The molecule has 4 rings (SSSR count). The average Bonchev–Trinajstić information content (AvgIpc) is 3.33. The minimum atomic E-state index is -0.150. The Kier molecular flexibility index (Phi) is 6.00. The zero-order valence-corrected chi connectivity index (χ0v) is 17.4. The molecule has 3 atom stereocenters. The molecule has 0 radical (unpaired) electrons. The lowest BCUT2D eigenvalue weighted by atomic mass is 9.96. The summed E-state index contributed by atoms with van der Waals surface area (Å²) in [6, 6.07) is 15.2. The average molecular weight is 410 g/mol. The summed E-state index contributed by atoms with van der Waals surface area (Å²) in [6.07, 6.45) is 5.28. The third kappa shape index (κ3) is 4.88. The molecule has 152 valence electrons. The van der Waals surface area contributed by atoms with Crippen LogP contribution in [0.25, 0.3) is 0 Å². The molecule has 5 nitrogen and oxygen atoms in total. The molecular weight excluding hydrogens is 382 g/mol. The van der Waals surface area contributed by atoms with Crippen molar-refractivity contribution < 1.29 is 9.53 Å². The summed E-state index contributed by atoms with van der Waals surface area (Å²) in [7, 11) is 0. The van der Waals surface area contributed by atoms with Crippen molar-refractivity contribution in [1.29, 1.82) is 0 Å². The van der Waals surface area contributed by atoms with Gasteiger partial charge in [-0.05, 0) is 98.8 Å². The predicted molar refractivity (Wildman–Crippen MR) is 121 cm³/mol. The number of fused-ring (bicyclic) bond motifs is 2. The standard InChI is InChI=1S/C23H27N3O2S/c1-2-28-20-11-9-18(10-12-20)24-22(27)16-5-7-19(8-6-16)25-23(29)26-21-14-15-3-4-17(21)13-15/h5-12,15,17,21H,2-4,13-14H2,1H3,(H,24,27)(H2,25,26,29)/t15-,17-,21+/m1/s1. The number of hydrogen-bond donors (Lipinski definition) is 3. The van der Waals surface area contributed by atoms with Crippen molar-refractivity contribution in [2.24, 2.45) is 11.8 Å². The smallest absolute Gasteiger partial charge is 0.255 e. The first kappa shape index (κ1) is 19.7. The van der Waals surface area contributed by atoms with E-state index in [1.165, 1.54) is 25.7 Å². The van der Waals surface area contributed by atoms with E-state index in [-0.39, 0.29) is 5.91 Å². The van der Waals surface area contributed by atoms with Gasteiger partial charge in [0.1, 0.15) is 5.75 Å². The number of carbonyl (C=O) groups is 1. The molecule has 2 aromatic rings. The van der Waals surface area contributed by atoms with Gasteiger partial charge in [-0.2, -0.15) is 0 Å². The highest BCUT2D eigenvalue weighted by Gasteiger charge is 2.39. The Bertz CT molecular complexity index is 867. The first-order chi connectivity index (χ1) is 14.1. The fraction of sp³-hybridized carbons (Fsp3) is 0.391. The molecule has 3 N–H and O–H groups in total. The minimum absolute atomic E-state index is 0.150. The number of nitrogens with one attached hydrogen (secondary N) is 3. The van der Waals surface area contributed by atoms with Crippen molar-refractivity contribution in [2.45, 2.75) is 38.6 Å². The second-order valence-electron chi connectivity index (χ2n) is 7.87. The van der Waals surface area contributed by atoms with Gasteiger partial charge in [-0.3, -0.25) is 4.79 Å². The maximum atomic E-state index is 12.5. The molecule has 0 aliphatic heterocycles. The van der Waals surface area contributed by atoms with Crippen LogP contribution in [0.4, 0.5) is 11.4 Å². The molecule has 0 spiro atoms. The van der Waals surface area contributed by atoms with Crippen LogP contribution >= 0.6 is 12.2 Å². The van der Waals surface area contributed by atoms with Gasteiger partial charge in [-0.1, -0.05) is 6.42 Å².